The van der Waals surface area contributed by atoms with Crippen LogP contribution in [0, 0.1) is 5.92 Å². The lowest BCUT2D eigenvalue weighted by Gasteiger charge is -2.14. The predicted octanol–water partition coefficient (Wildman–Crippen LogP) is 4.16. The topological polar surface area (TPSA) is 30.5 Å². The van der Waals surface area contributed by atoms with E-state index in [1.165, 1.54) is 19.6 Å². The number of alkyl halides is 3. The minimum absolute atomic E-state index is 0.100. The van der Waals surface area contributed by atoms with Gasteiger partial charge in [0.2, 0.25) is 0 Å². The molecule has 1 aromatic carbocycles. The van der Waals surface area contributed by atoms with Crippen molar-refractivity contribution in [3.63, 3.8) is 0 Å². The standard InChI is InChI=1S/C16H24F3NO2/c1-12(2)5-4-8-20-10-13-6-7-14(15(9-13)21-3)22-11-16(17,18)19/h6-7,9,12,20H,4-5,8,10-11H2,1-3H3. The Morgan fingerprint density at radius 1 is 1.18 bits per heavy atom. The lowest BCUT2D eigenvalue weighted by molar-refractivity contribution is -0.153. The minimum Gasteiger partial charge on any atom is -0.493 e. The fraction of sp³-hybridized carbons (Fsp3) is 0.625. The lowest BCUT2D eigenvalue weighted by atomic mass is 10.1. The van der Waals surface area contributed by atoms with Crippen LogP contribution in [0.4, 0.5) is 13.2 Å². The quantitative estimate of drug-likeness (QED) is 0.693. The Hall–Kier alpha value is -1.43. The molecule has 1 rings (SSSR count). The SMILES string of the molecule is COc1cc(CNCCCC(C)C)ccc1OCC(F)(F)F. The van der Waals surface area contributed by atoms with Gasteiger partial charge in [-0.05, 0) is 43.0 Å². The monoisotopic (exact) mass is 319 g/mol. The van der Waals surface area contributed by atoms with Gasteiger partial charge in [-0.25, -0.2) is 0 Å². The van der Waals surface area contributed by atoms with Gasteiger partial charge in [-0.15, -0.1) is 0 Å². The minimum atomic E-state index is -4.36. The molecule has 1 aromatic rings. The molecule has 0 heterocycles. The Morgan fingerprint density at radius 2 is 1.91 bits per heavy atom. The average Bonchev–Trinajstić information content (AvgIpc) is 2.44. The molecule has 0 saturated carbocycles. The molecule has 0 spiro atoms. The predicted molar refractivity (Wildman–Crippen MR) is 80.3 cm³/mol. The van der Waals surface area contributed by atoms with Crippen LogP contribution in [0.2, 0.25) is 0 Å². The van der Waals surface area contributed by atoms with Crippen molar-refractivity contribution in [2.24, 2.45) is 5.92 Å². The van der Waals surface area contributed by atoms with E-state index in [2.05, 4.69) is 19.2 Å². The third-order valence-electron chi connectivity index (χ3n) is 3.08. The first-order valence-electron chi connectivity index (χ1n) is 7.39. The van der Waals surface area contributed by atoms with Crippen molar-refractivity contribution >= 4 is 0 Å². The van der Waals surface area contributed by atoms with E-state index in [0.29, 0.717) is 18.2 Å². The van der Waals surface area contributed by atoms with Crippen LogP contribution >= 0.6 is 0 Å². The van der Waals surface area contributed by atoms with Crippen molar-refractivity contribution in [3.8, 4) is 11.5 Å². The molecule has 0 aliphatic carbocycles. The second-order valence-electron chi connectivity index (χ2n) is 5.60. The van der Waals surface area contributed by atoms with Crippen molar-refractivity contribution in [2.75, 3.05) is 20.3 Å². The highest BCUT2D eigenvalue weighted by atomic mass is 19.4. The third kappa shape index (κ3) is 7.54. The number of benzene rings is 1. The van der Waals surface area contributed by atoms with E-state index >= 15 is 0 Å². The molecule has 0 saturated heterocycles. The van der Waals surface area contributed by atoms with Crippen LogP contribution in [-0.4, -0.2) is 26.4 Å². The molecule has 22 heavy (non-hydrogen) atoms. The first kappa shape index (κ1) is 18.6. The van der Waals surface area contributed by atoms with Gasteiger partial charge in [0.25, 0.3) is 0 Å². The van der Waals surface area contributed by atoms with E-state index in [-0.39, 0.29) is 5.75 Å². The molecule has 126 valence electrons. The molecule has 3 nitrogen and oxygen atoms in total. The van der Waals surface area contributed by atoms with E-state index in [0.717, 1.165) is 18.5 Å². The van der Waals surface area contributed by atoms with E-state index < -0.39 is 12.8 Å². The molecule has 0 fully saturated rings. The number of rotatable bonds is 9. The highest BCUT2D eigenvalue weighted by Gasteiger charge is 2.29. The number of hydrogen-bond acceptors (Lipinski definition) is 3. The molecule has 1 N–H and O–H groups in total. The summed E-state index contributed by atoms with van der Waals surface area (Å²) in [4.78, 5) is 0. The maximum absolute atomic E-state index is 12.2. The zero-order valence-corrected chi connectivity index (χ0v) is 13.3. The Morgan fingerprint density at radius 3 is 2.50 bits per heavy atom. The molecular formula is C16H24F3NO2. The van der Waals surface area contributed by atoms with Gasteiger partial charge in [-0.1, -0.05) is 19.9 Å². The van der Waals surface area contributed by atoms with Gasteiger partial charge in [0.15, 0.2) is 18.1 Å². The van der Waals surface area contributed by atoms with Crippen LogP contribution in [0.1, 0.15) is 32.3 Å². The third-order valence-corrected chi connectivity index (χ3v) is 3.08. The molecule has 0 atom stereocenters. The molecule has 0 radical (unpaired) electrons. The number of hydrogen-bond donors (Lipinski definition) is 1. The first-order chi connectivity index (χ1) is 10.3. The van der Waals surface area contributed by atoms with Crippen LogP contribution in [0.3, 0.4) is 0 Å². The van der Waals surface area contributed by atoms with Crippen LogP contribution in [-0.2, 0) is 6.54 Å². The molecular weight excluding hydrogens is 295 g/mol. The number of nitrogens with one attached hydrogen (secondary N) is 1. The van der Waals surface area contributed by atoms with Gasteiger partial charge in [-0.2, -0.15) is 13.2 Å². The first-order valence-corrected chi connectivity index (χ1v) is 7.39. The van der Waals surface area contributed by atoms with Gasteiger partial charge in [0, 0.05) is 6.54 Å². The Kier molecular flexibility index (Phi) is 7.51. The number of methoxy groups -OCH3 is 1. The summed E-state index contributed by atoms with van der Waals surface area (Å²) in [5, 5.41) is 3.31. The molecule has 0 amide bonds. The smallest absolute Gasteiger partial charge is 0.422 e. The maximum atomic E-state index is 12.2. The van der Waals surface area contributed by atoms with Crippen LogP contribution in [0.5, 0.6) is 11.5 Å². The molecule has 0 aliphatic rings. The van der Waals surface area contributed by atoms with Crippen LogP contribution in [0.25, 0.3) is 0 Å². The average molecular weight is 319 g/mol. The molecule has 0 unspecified atom stereocenters. The van der Waals surface area contributed by atoms with E-state index in [4.69, 9.17) is 9.47 Å². The molecule has 6 heteroatoms. The Balaban J connectivity index is 2.50. The van der Waals surface area contributed by atoms with Gasteiger partial charge >= 0.3 is 6.18 Å². The van der Waals surface area contributed by atoms with Crippen molar-refractivity contribution in [1.29, 1.82) is 0 Å². The second kappa shape index (κ2) is 8.88. The normalized spacial score (nSPS) is 11.8. The Labute approximate surface area is 129 Å². The highest BCUT2D eigenvalue weighted by Crippen LogP contribution is 2.29. The summed E-state index contributed by atoms with van der Waals surface area (Å²) in [6, 6.07) is 4.94. The fourth-order valence-corrected chi connectivity index (χ4v) is 1.97. The van der Waals surface area contributed by atoms with Crippen LogP contribution < -0.4 is 14.8 Å². The zero-order chi connectivity index (χ0) is 16.6. The second-order valence-corrected chi connectivity index (χ2v) is 5.60. The van der Waals surface area contributed by atoms with Gasteiger partial charge in [0.05, 0.1) is 7.11 Å². The largest absolute Gasteiger partial charge is 0.493 e. The molecule has 0 bridgehead atoms. The maximum Gasteiger partial charge on any atom is 0.422 e. The summed E-state index contributed by atoms with van der Waals surface area (Å²) >= 11 is 0. The van der Waals surface area contributed by atoms with Crippen molar-refractivity contribution < 1.29 is 22.6 Å². The number of ether oxygens (including phenoxy) is 2. The molecule has 0 aromatic heterocycles. The number of halogens is 3. The van der Waals surface area contributed by atoms with Gasteiger partial charge in [0.1, 0.15) is 0 Å². The van der Waals surface area contributed by atoms with Crippen molar-refractivity contribution in [1.82, 2.24) is 5.32 Å². The van der Waals surface area contributed by atoms with Crippen LogP contribution in [0.15, 0.2) is 18.2 Å². The summed E-state index contributed by atoms with van der Waals surface area (Å²) in [6.45, 7) is 4.60. The van der Waals surface area contributed by atoms with Crippen molar-refractivity contribution in [2.45, 2.75) is 39.4 Å². The summed E-state index contributed by atoms with van der Waals surface area (Å²) in [7, 11) is 1.41. The van der Waals surface area contributed by atoms with Gasteiger partial charge < -0.3 is 14.8 Å². The lowest BCUT2D eigenvalue weighted by Crippen LogP contribution is -2.19. The molecule has 0 aliphatic heterocycles. The zero-order valence-electron chi connectivity index (χ0n) is 13.3. The highest BCUT2D eigenvalue weighted by molar-refractivity contribution is 5.43. The fourth-order valence-electron chi connectivity index (χ4n) is 1.97. The van der Waals surface area contributed by atoms with Gasteiger partial charge in [-0.3, -0.25) is 0 Å². The van der Waals surface area contributed by atoms with E-state index in [9.17, 15) is 13.2 Å². The summed E-state index contributed by atoms with van der Waals surface area (Å²) < 4.78 is 46.4. The Bertz CT molecular complexity index is 448. The van der Waals surface area contributed by atoms with E-state index in [1.54, 1.807) is 12.1 Å². The summed E-state index contributed by atoms with van der Waals surface area (Å²) in [5.41, 5.74) is 0.945. The van der Waals surface area contributed by atoms with Crippen molar-refractivity contribution in [3.05, 3.63) is 23.8 Å². The van der Waals surface area contributed by atoms with E-state index in [1.807, 2.05) is 0 Å². The summed E-state index contributed by atoms with van der Waals surface area (Å²) in [6.07, 6.45) is -2.09. The summed E-state index contributed by atoms with van der Waals surface area (Å²) in [5.74, 6) is 1.10.